The summed E-state index contributed by atoms with van der Waals surface area (Å²) in [7, 11) is 0. The highest BCUT2D eigenvalue weighted by Gasteiger charge is 2.15. The van der Waals surface area contributed by atoms with Crippen molar-refractivity contribution >= 4 is 28.4 Å². The SMILES string of the molecule is CCOC(=O)c1nc(Nc2cc(C)ccc2O)c2ccccc2n1. The minimum Gasteiger partial charge on any atom is -0.506 e. The van der Waals surface area contributed by atoms with Crippen molar-refractivity contribution in [3.63, 3.8) is 0 Å². The molecule has 0 aliphatic heterocycles. The van der Waals surface area contributed by atoms with Gasteiger partial charge in [0.1, 0.15) is 11.6 Å². The summed E-state index contributed by atoms with van der Waals surface area (Å²) < 4.78 is 4.98. The van der Waals surface area contributed by atoms with E-state index in [1.165, 1.54) is 0 Å². The van der Waals surface area contributed by atoms with E-state index in [1.54, 1.807) is 25.1 Å². The predicted octanol–water partition coefficient (Wildman–Crippen LogP) is 3.56. The van der Waals surface area contributed by atoms with Crippen LogP contribution in [0.1, 0.15) is 23.1 Å². The van der Waals surface area contributed by atoms with Crippen LogP contribution in [0.25, 0.3) is 10.9 Å². The Hall–Kier alpha value is -3.15. The number of aromatic nitrogens is 2. The highest BCUT2D eigenvalue weighted by atomic mass is 16.5. The molecule has 0 radical (unpaired) electrons. The Morgan fingerprint density at radius 2 is 2.00 bits per heavy atom. The molecule has 0 spiro atoms. The number of esters is 1. The second-order valence-electron chi connectivity index (χ2n) is 5.28. The molecule has 0 bridgehead atoms. The van der Waals surface area contributed by atoms with E-state index in [4.69, 9.17) is 4.74 Å². The number of ether oxygens (including phenoxy) is 1. The number of aromatic hydroxyl groups is 1. The lowest BCUT2D eigenvalue weighted by Gasteiger charge is -2.12. The molecule has 6 heteroatoms. The minimum atomic E-state index is -0.584. The molecule has 0 unspecified atom stereocenters. The molecule has 24 heavy (non-hydrogen) atoms. The second kappa shape index (κ2) is 6.54. The fourth-order valence-electron chi connectivity index (χ4n) is 2.34. The molecule has 0 saturated carbocycles. The Labute approximate surface area is 139 Å². The molecule has 0 fully saturated rings. The molecule has 0 aliphatic rings. The van der Waals surface area contributed by atoms with Gasteiger partial charge in [0.25, 0.3) is 0 Å². The highest BCUT2D eigenvalue weighted by Crippen LogP contribution is 2.30. The largest absolute Gasteiger partial charge is 0.506 e. The summed E-state index contributed by atoms with van der Waals surface area (Å²) in [5.41, 5.74) is 2.11. The van der Waals surface area contributed by atoms with Crippen LogP contribution in [0.5, 0.6) is 5.75 Å². The van der Waals surface area contributed by atoms with Crippen molar-refractivity contribution in [2.75, 3.05) is 11.9 Å². The summed E-state index contributed by atoms with van der Waals surface area (Å²) in [5.74, 6) is -0.0736. The topological polar surface area (TPSA) is 84.3 Å². The quantitative estimate of drug-likeness (QED) is 0.564. The Balaban J connectivity index is 2.11. The molecule has 3 rings (SSSR count). The standard InChI is InChI=1S/C18H17N3O3/c1-3-24-18(23)17-19-13-7-5-4-6-12(13)16(21-17)20-14-10-11(2)8-9-15(14)22/h4-10,22H,3H2,1-2H3,(H,19,20,21). The second-order valence-corrected chi connectivity index (χ2v) is 5.28. The van der Waals surface area contributed by atoms with Crippen molar-refractivity contribution in [2.24, 2.45) is 0 Å². The van der Waals surface area contributed by atoms with Gasteiger partial charge in [0.15, 0.2) is 0 Å². The molecule has 6 nitrogen and oxygen atoms in total. The van der Waals surface area contributed by atoms with Crippen LogP contribution in [0.3, 0.4) is 0 Å². The normalized spacial score (nSPS) is 10.6. The lowest BCUT2D eigenvalue weighted by molar-refractivity contribution is 0.0512. The van der Waals surface area contributed by atoms with E-state index in [1.807, 2.05) is 31.2 Å². The highest BCUT2D eigenvalue weighted by molar-refractivity contribution is 5.95. The molecule has 0 aliphatic carbocycles. The number of phenolic OH excluding ortho intramolecular Hbond substituents is 1. The van der Waals surface area contributed by atoms with Crippen LogP contribution >= 0.6 is 0 Å². The molecule has 0 amide bonds. The Morgan fingerprint density at radius 3 is 2.79 bits per heavy atom. The lowest BCUT2D eigenvalue weighted by atomic mass is 10.2. The summed E-state index contributed by atoms with van der Waals surface area (Å²) >= 11 is 0. The first-order chi connectivity index (χ1) is 11.6. The number of carbonyl (C=O) groups is 1. The minimum absolute atomic E-state index is 0.0230. The van der Waals surface area contributed by atoms with Crippen molar-refractivity contribution in [3.8, 4) is 5.75 Å². The number of nitrogens with zero attached hydrogens (tertiary/aromatic N) is 2. The fraction of sp³-hybridized carbons (Fsp3) is 0.167. The number of fused-ring (bicyclic) bond motifs is 1. The van der Waals surface area contributed by atoms with Crippen LogP contribution in [-0.4, -0.2) is 27.7 Å². The Morgan fingerprint density at radius 1 is 1.21 bits per heavy atom. The van der Waals surface area contributed by atoms with Gasteiger partial charge in [-0.3, -0.25) is 0 Å². The number of carbonyl (C=O) groups excluding carboxylic acids is 1. The maximum atomic E-state index is 12.0. The summed E-state index contributed by atoms with van der Waals surface area (Å²) in [6.07, 6.45) is 0. The molecule has 0 atom stereocenters. The number of para-hydroxylation sites is 1. The fourth-order valence-corrected chi connectivity index (χ4v) is 2.34. The van der Waals surface area contributed by atoms with Crippen molar-refractivity contribution in [1.29, 1.82) is 0 Å². The van der Waals surface area contributed by atoms with E-state index in [0.29, 0.717) is 17.0 Å². The van der Waals surface area contributed by atoms with Crippen molar-refractivity contribution in [2.45, 2.75) is 13.8 Å². The van der Waals surface area contributed by atoms with E-state index in [0.717, 1.165) is 10.9 Å². The third kappa shape index (κ3) is 3.12. The molecule has 0 saturated heterocycles. The number of hydrogen-bond acceptors (Lipinski definition) is 6. The van der Waals surface area contributed by atoms with Crippen LogP contribution in [-0.2, 0) is 4.74 Å². The van der Waals surface area contributed by atoms with Gasteiger partial charge in [0.05, 0.1) is 17.8 Å². The monoisotopic (exact) mass is 323 g/mol. The van der Waals surface area contributed by atoms with E-state index in [9.17, 15) is 9.90 Å². The van der Waals surface area contributed by atoms with E-state index >= 15 is 0 Å². The third-order valence-corrected chi connectivity index (χ3v) is 3.47. The zero-order valence-corrected chi connectivity index (χ0v) is 13.4. The van der Waals surface area contributed by atoms with Crippen molar-refractivity contribution in [3.05, 3.63) is 53.9 Å². The van der Waals surface area contributed by atoms with E-state index in [2.05, 4.69) is 15.3 Å². The maximum Gasteiger partial charge on any atom is 0.376 e. The van der Waals surface area contributed by atoms with E-state index < -0.39 is 5.97 Å². The summed E-state index contributed by atoms with van der Waals surface area (Å²) in [4.78, 5) is 20.5. The number of benzene rings is 2. The number of phenols is 1. The zero-order valence-electron chi connectivity index (χ0n) is 13.4. The first-order valence-corrected chi connectivity index (χ1v) is 7.59. The smallest absolute Gasteiger partial charge is 0.376 e. The first kappa shape index (κ1) is 15.7. The Kier molecular flexibility index (Phi) is 4.29. The average Bonchev–Trinajstić information content (AvgIpc) is 2.58. The molecule has 1 aromatic heterocycles. The van der Waals surface area contributed by atoms with E-state index in [-0.39, 0.29) is 18.2 Å². The molecular formula is C18H17N3O3. The summed E-state index contributed by atoms with van der Waals surface area (Å²) in [6, 6.07) is 12.5. The molecule has 3 aromatic rings. The van der Waals surface area contributed by atoms with Crippen LogP contribution in [0.4, 0.5) is 11.5 Å². The first-order valence-electron chi connectivity index (χ1n) is 7.59. The maximum absolute atomic E-state index is 12.0. The van der Waals surface area contributed by atoms with Crippen LogP contribution < -0.4 is 5.32 Å². The van der Waals surface area contributed by atoms with Crippen LogP contribution in [0.15, 0.2) is 42.5 Å². The molecule has 2 N–H and O–H groups in total. The van der Waals surface area contributed by atoms with Gasteiger partial charge in [-0.05, 0) is 43.7 Å². The number of nitrogens with one attached hydrogen (secondary N) is 1. The number of hydrogen-bond donors (Lipinski definition) is 2. The van der Waals surface area contributed by atoms with Gasteiger partial charge in [0.2, 0.25) is 5.82 Å². The van der Waals surface area contributed by atoms with Gasteiger partial charge >= 0.3 is 5.97 Å². The summed E-state index contributed by atoms with van der Waals surface area (Å²) in [5, 5.41) is 13.9. The molecule has 1 heterocycles. The van der Waals surface area contributed by atoms with Gasteiger partial charge in [0, 0.05) is 5.39 Å². The number of rotatable bonds is 4. The van der Waals surface area contributed by atoms with Gasteiger partial charge in [-0.2, -0.15) is 0 Å². The van der Waals surface area contributed by atoms with Gasteiger partial charge in [-0.15, -0.1) is 0 Å². The summed E-state index contributed by atoms with van der Waals surface area (Å²) in [6.45, 7) is 3.89. The third-order valence-electron chi connectivity index (χ3n) is 3.47. The van der Waals surface area contributed by atoms with Gasteiger partial charge < -0.3 is 15.2 Å². The number of anilines is 2. The van der Waals surface area contributed by atoms with Crippen molar-refractivity contribution < 1.29 is 14.6 Å². The average molecular weight is 323 g/mol. The Bertz CT molecular complexity index is 909. The molecule has 2 aromatic carbocycles. The molecular weight excluding hydrogens is 306 g/mol. The van der Waals surface area contributed by atoms with Crippen LogP contribution in [0.2, 0.25) is 0 Å². The molecule has 122 valence electrons. The van der Waals surface area contributed by atoms with Gasteiger partial charge in [-0.1, -0.05) is 18.2 Å². The number of aryl methyl sites for hydroxylation is 1. The lowest BCUT2D eigenvalue weighted by Crippen LogP contribution is -2.11. The van der Waals surface area contributed by atoms with Crippen LogP contribution in [0, 0.1) is 6.92 Å². The zero-order chi connectivity index (χ0) is 17.1. The predicted molar refractivity (Wildman–Crippen MR) is 91.6 cm³/mol. The van der Waals surface area contributed by atoms with Crippen molar-refractivity contribution in [1.82, 2.24) is 9.97 Å². The van der Waals surface area contributed by atoms with Gasteiger partial charge in [-0.25, -0.2) is 14.8 Å².